The van der Waals surface area contributed by atoms with Gasteiger partial charge in [-0.15, -0.1) is 0 Å². The highest BCUT2D eigenvalue weighted by atomic mass is 32.2. The lowest BCUT2D eigenvalue weighted by molar-refractivity contribution is -0.136. The average Bonchev–Trinajstić information content (AvgIpc) is 2.37. The van der Waals surface area contributed by atoms with E-state index in [2.05, 4.69) is 0 Å². The van der Waals surface area contributed by atoms with Crippen molar-refractivity contribution in [1.29, 1.82) is 0 Å². The minimum Gasteiger partial charge on any atom is -0.326 e. The highest BCUT2D eigenvalue weighted by molar-refractivity contribution is 7.89. The number of nitrogens with zero attached hydrogens (tertiary/aromatic N) is 1. The monoisotopic (exact) mass is 328 g/mol. The maximum atomic E-state index is 13.7. The second-order valence-electron chi connectivity index (χ2n) is 4.42. The molecular formula is C12H16F4N2O2S. The van der Waals surface area contributed by atoms with Crippen LogP contribution in [0.25, 0.3) is 0 Å². The van der Waals surface area contributed by atoms with Gasteiger partial charge in [0.25, 0.3) is 0 Å². The van der Waals surface area contributed by atoms with Gasteiger partial charge >= 0.3 is 6.18 Å². The summed E-state index contributed by atoms with van der Waals surface area (Å²) in [5.74, 6) is -1.10. The second-order valence-corrected chi connectivity index (χ2v) is 6.33. The van der Waals surface area contributed by atoms with Crippen molar-refractivity contribution in [2.24, 2.45) is 5.73 Å². The Bertz CT molecular complexity index is 587. The van der Waals surface area contributed by atoms with E-state index < -0.39 is 33.5 Å². The Hall–Kier alpha value is -1.19. The molecule has 0 saturated carbocycles. The molecule has 0 aliphatic rings. The van der Waals surface area contributed by atoms with Crippen LogP contribution in [0.1, 0.15) is 18.9 Å². The summed E-state index contributed by atoms with van der Waals surface area (Å²) in [4.78, 5) is -0.789. The Morgan fingerprint density at radius 2 is 1.90 bits per heavy atom. The summed E-state index contributed by atoms with van der Waals surface area (Å²) in [5, 5.41) is 0. The van der Waals surface area contributed by atoms with Gasteiger partial charge in [0.1, 0.15) is 17.3 Å². The van der Waals surface area contributed by atoms with Crippen LogP contribution in [0.3, 0.4) is 0 Å². The Kier molecular flexibility index (Phi) is 5.71. The number of hydrogen-bond donors (Lipinski definition) is 1. The van der Waals surface area contributed by atoms with Crippen molar-refractivity contribution in [1.82, 2.24) is 4.31 Å². The quantitative estimate of drug-likeness (QED) is 0.815. The SMILES string of the molecule is CCCN(CC(F)(F)F)S(=O)(=O)c1cc(CN)ccc1F. The normalized spacial score (nSPS) is 12.9. The van der Waals surface area contributed by atoms with Crippen molar-refractivity contribution in [3.05, 3.63) is 29.6 Å². The molecule has 0 bridgehead atoms. The molecule has 0 aliphatic heterocycles. The number of halogens is 4. The van der Waals surface area contributed by atoms with Gasteiger partial charge in [-0.1, -0.05) is 13.0 Å². The van der Waals surface area contributed by atoms with Gasteiger partial charge in [-0.3, -0.25) is 0 Å². The first kappa shape index (κ1) is 17.9. The zero-order chi connectivity index (χ0) is 16.3. The molecule has 1 rings (SSSR count). The maximum Gasteiger partial charge on any atom is 0.402 e. The summed E-state index contributed by atoms with van der Waals surface area (Å²) in [5.41, 5.74) is 5.66. The molecule has 0 unspecified atom stereocenters. The van der Waals surface area contributed by atoms with Crippen LogP contribution in [-0.2, 0) is 16.6 Å². The van der Waals surface area contributed by atoms with Crippen LogP contribution in [0.4, 0.5) is 17.6 Å². The minimum absolute atomic E-state index is 0.0458. The molecule has 0 heterocycles. The van der Waals surface area contributed by atoms with Crippen molar-refractivity contribution >= 4 is 10.0 Å². The van der Waals surface area contributed by atoms with Crippen LogP contribution in [0.5, 0.6) is 0 Å². The van der Waals surface area contributed by atoms with Crippen molar-refractivity contribution in [2.45, 2.75) is 31.0 Å². The summed E-state index contributed by atoms with van der Waals surface area (Å²) in [6.45, 7) is -0.523. The summed E-state index contributed by atoms with van der Waals surface area (Å²) in [6.07, 6.45) is -4.53. The van der Waals surface area contributed by atoms with Crippen LogP contribution < -0.4 is 5.73 Å². The van der Waals surface area contributed by atoms with Crippen LogP contribution in [0, 0.1) is 5.82 Å². The van der Waals surface area contributed by atoms with E-state index in [0.717, 1.165) is 12.1 Å². The summed E-state index contributed by atoms with van der Waals surface area (Å²) in [6, 6.07) is 3.12. The predicted octanol–water partition coefficient (Wildman–Crippen LogP) is 2.25. The van der Waals surface area contributed by atoms with Gasteiger partial charge in [0.2, 0.25) is 10.0 Å². The van der Waals surface area contributed by atoms with Gasteiger partial charge in [-0.25, -0.2) is 12.8 Å². The maximum absolute atomic E-state index is 13.7. The Morgan fingerprint density at radius 3 is 2.38 bits per heavy atom. The molecule has 1 aromatic rings. The molecule has 1 aromatic carbocycles. The van der Waals surface area contributed by atoms with Gasteiger partial charge in [-0.2, -0.15) is 17.5 Å². The number of rotatable bonds is 6. The molecule has 0 spiro atoms. The minimum atomic E-state index is -4.70. The third-order valence-electron chi connectivity index (χ3n) is 2.68. The molecule has 0 aromatic heterocycles. The third-order valence-corrected chi connectivity index (χ3v) is 4.54. The third kappa shape index (κ3) is 4.65. The number of nitrogens with two attached hydrogens (primary N) is 1. The van der Waals surface area contributed by atoms with E-state index in [9.17, 15) is 26.0 Å². The van der Waals surface area contributed by atoms with Crippen LogP contribution in [0.15, 0.2) is 23.1 Å². The van der Waals surface area contributed by atoms with E-state index >= 15 is 0 Å². The fourth-order valence-electron chi connectivity index (χ4n) is 1.75. The molecule has 9 heteroatoms. The van der Waals surface area contributed by atoms with Crippen molar-refractivity contribution < 1.29 is 26.0 Å². The van der Waals surface area contributed by atoms with Crippen molar-refractivity contribution in [3.8, 4) is 0 Å². The molecule has 2 N–H and O–H groups in total. The lowest BCUT2D eigenvalue weighted by atomic mass is 10.2. The van der Waals surface area contributed by atoms with Crippen molar-refractivity contribution in [3.63, 3.8) is 0 Å². The molecule has 21 heavy (non-hydrogen) atoms. The second kappa shape index (κ2) is 6.71. The molecule has 0 radical (unpaired) electrons. The zero-order valence-corrected chi connectivity index (χ0v) is 12.1. The van der Waals surface area contributed by atoms with Gasteiger partial charge < -0.3 is 5.73 Å². The molecule has 4 nitrogen and oxygen atoms in total. The lowest BCUT2D eigenvalue weighted by Crippen LogP contribution is -2.39. The predicted molar refractivity (Wildman–Crippen MR) is 69.4 cm³/mol. The van der Waals surface area contributed by atoms with Crippen LogP contribution >= 0.6 is 0 Å². The summed E-state index contributed by atoms with van der Waals surface area (Å²) < 4.78 is 75.9. The Labute approximate surface area is 120 Å². The van der Waals surface area contributed by atoms with Gasteiger partial charge in [0, 0.05) is 13.1 Å². The zero-order valence-electron chi connectivity index (χ0n) is 11.3. The summed E-state index contributed by atoms with van der Waals surface area (Å²) in [7, 11) is -4.58. The van der Waals surface area contributed by atoms with E-state index in [4.69, 9.17) is 5.73 Å². The molecule has 0 atom stereocenters. The van der Waals surface area contributed by atoms with E-state index in [-0.39, 0.29) is 23.8 Å². The standard InChI is InChI=1S/C12H16F4N2O2S/c1-2-5-18(8-12(14,15)16)21(19,20)11-6-9(7-17)3-4-10(11)13/h3-4,6H,2,5,7-8,17H2,1H3. The van der Waals surface area contributed by atoms with Gasteiger partial charge in [-0.05, 0) is 24.1 Å². The Morgan fingerprint density at radius 1 is 1.29 bits per heavy atom. The largest absolute Gasteiger partial charge is 0.402 e. The number of alkyl halides is 3. The van der Waals surface area contributed by atoms with E-state index in [1.807, 2.05) is 0 Å². The topological polar surface area (TPSA) is 63.4 Å². The lowest BCUT2D eigenvalue weighted by Gasteiger charge is -2.23. The number of hydrogen-bond acceptors (Lipinski definition) is 3. The van der Waals surface area contributed by atoms with Crippen LogP contribution in [-0.4, -0.2) is 32.0 Å². The van der Waals surface area contributed by atoms with Crippen LogP contribution in [0.2, 0.25) is 0 Å². The van der Waals surface area contributed by atoms with Crippen molar-refractivity contribution in [2.75, 3.05) is 13.1 Å². The smallest absolute Gasteiger partial charge is 0.326 e. The summed E-state index contributed by atoms with van der Waals surface area (Å²) >= 11 is 0. The first-order chi connectivity index (χ1) is 9.61. The fraction of sp³-hybridized carbons (Fsp3) is 0.500. The van der Waals surface area contributed by atoms with Gasteiger partial charge in [0.05, 0.1) is 0 Å². The van der Waals surface area contributed by atoms with E-state index in [0.29, 0.717) is 5.56 Å². The van der Waals surface area contributed by atoms with E-state index in [1.165, 1.54) is 13.0 Å². The molecule has 120 valence electrons. The fourth-order valence-corrected chi connectivity index (χ4v) is 3.38. The van der Waals surface area contributed by atoms with Gasteiger partial charge in [0.15, 0.2) is 0 Å². The highest BCUT2D eigenvalue weighted by Gasteiger charge is 2.37. The molecule has 0 fully saturated rings. The Balaban J connectivity index is 3.28. The first-order valence-electron chi connectivity index (χ1n) is 6.17. The molecular weight excluding hydrogens is 312 g/mol. The first-order valence-corrected chi connectivity index (χ1v) is 7.61. The molecule has 0 saturated heterocycles. The number of benzene rings is 1. The average molecular weight is 328 g/mol. The van der Waals surface area contributed by atoms with E-state index in [1.54, 1.807) is 0 Å². The highest BCUT2D eigenvalue weighted by Crippen LogP contribution is 2.25. The number of sulfonamides is 1. The molecule has 0 amide bonds. The molecule has 0 aliphatic carbocycles.